The molecule has 0 radical (unpaired) electrons. The van der Waals surface area contributed by atoms with Crippen LogP contribution in [0.25, 0.3) is 10.8 Å². The van der Waals surface area contributed by atoms with Crippen molar-refractivity contribution in [2.75, 3.05) is 0 Å². The molecule has 0 aliphatic heterocycles. The molecule has 3 aromatic rings. The fraction of sp³-hybridized carbons (Fsp3) is 0.200. The molecule has 0 unspecified atom stereocenters. The summed E-state index contributed by atoms with van der Waals surface area (Å²) in [4.78, 5) is 15.2. The standard InChI is InChI=1S/C20H18ClNO3/c1-20(2,3)25-16-8-6-15(7-9-16)24-17-5-4-13-11-18(19(21)23)22-12-14(13)10-17/h4-12H,1-3H3. The number of carbonyl (C=O) groups is 1. The lowest BCUT2D eigenvalue weighted by Crippen LogP contribution is -2.22. The topological polar surface area (TPSA) is 48.4 Å². The smallest absolute Gasteiger partial charge is 0.270 e. The first-order valence-electron chi connectivity index (χ1n) is 7.87. The molecule has 0 N–H and O–H groups in total. The monoisotopic (exact) mass is 355 g/mol. The molecule has 4 nitrogen and oxygen atoms in total. The molecule has 1 heterocycles. The quantitative estimate of drug-likeness (QED) is 0.573. The maximum absolute atomic E-state index is 11.2. The molecule has 0 bridgehead atoms. The number of aromatic nitrogens is 1. The van der Waals surface area contributed by atoms with Gasteiger partial charge in [0.1, 0.15) is 28.5 Å². The van der Waals surface area contributed by atoms with Crippen molar-refractivity contribution in [2.45, 2.75) is 26.4 Å². The van der Waals surface area contributed by atoms with E-state index in [1.807, 2.05) is 63.2 Å². The van der Waals surface area contributed by atoms with Crippen LogP contribution in [-0.4, -0.2) is 15.8 Å². The van der Waals surface area contributed by atoms with Crippen LogP contribution in [0.5, 0.6) is 17.2 Å². The summed E-state index contributed by atoms with van der Waals surface area (Å²) in [6.07, 6.45) is 1.61. The van der Waals surface area contributed by atoms with Gasteiger partial charge in [0.05, 0.1) is 0 Å². The number of benzene rings is 2. The van der Waals surface area contributed by atoms with Crippen LogP contribution in [-0.2, 0) is 0 Å². The van der Waals surface area contributed by atoms with Crippen LogP contribution in [0.3, 0.4) is 0 Å². The second-order valence-corrected chi connectivity index (χ2v) is 6.98. The minimum atomic E-state index is -0.570. The Morgan fingerprint density at radius 2 is 1.56 bits per heavy atom. The Balaban J connectivity index is 1.78. The lowest BCUT2D eigenvalue weighted by atomic mass is 10.1. The van der Waals surface area contributed by atoms with E-state index in [0.29, 0.717) is 11.5 Å². The summed E-state index contributed by atoms with van der Waals surface area (Å²) >= 11 is 5.46. The third-order valence-corrected chi connectivity index (χ3v) is 3.57. The van der Waals surface area contributed by atoms with Crippen LogP contribution in [0.15, 0.2) is 54.7 Å². The molecule has 1 aromatic heterocycles. The summed E-state index contributed by atoms with van der Waals surface area (Å²) in [5.41, 5.74) is -0.00551. The summed E-state index contributed by atoms with van der Waals surface area (Å²) in [6, 6.07) is 14.7. The van der Waals surface area contributed by atoms with Gasteiger partial charge in [-0.1, -0.05) is 6.07 Å². The molecule has 0 saturated heterocycles. The van der Waals surface area contributed by atoms with Gasteiger partial charge in [0.25, 0.3) is 5.24 Å². The molecule has 128 valence electrons. The molecule has 2 aromatic carbocycles. The highest BCUT2D eigenvalue weighted by Gasteiger charge is 2.11. The first-order chi connectivity index (χ1) is 11.8. The summed E-state index contributed by atoms with van der Waals surface area (Å²) in [5.74, 6) is 2.19. The van der Waals surface area contributed by atoms with Crippen molar-refractivity contribution in [3.8, 4) is 17.2 Å². The number of hydrogen-bond donors (Lipinski definition) is 0. The van der Waals surface area contributed by atoms with E-state index in [-0.39, 0.29) is 11.3 Å². The highest BCUT2D eigenvalue weighted by molar-refractivity contribution is 6.67. The zero-order valence-corrected chi connectivity index (χ0v) is 15.0. The van der Waals surface area contributed by atoms with Crippen LogP contribution in [0.1, 0.15) is 31.3 Å². The first-order valence-corrected chi connectivity index (χ1v) is 8.24. The first kappa shape index (κ1) is 17.2. The molecule has 3 rings (SSSR count). The normalized spacial score (nSPS) is 11.4. The second-order valence-electron chi connectivity index (χ2n) is 6.64. The summed E-state index contributed by atoms with van der Waals surface area (Å²) in [7, 11) is 0. The average Bonchev–Trinajstić information content (AvgIpc) is 2.55. The Morgan fingerprint density at radius 3 is 2.20 bits per heavy atom. The van der Waals surface area contributed by atoms with E-state index < -0.39 is 5.24 Å². The van der Waals surface area contributed by atoms with E-state index in [1.165, 1.54) is 0 Å². The minimum absolute atomic E-state index is 0.234. The third kappa shape index (κ3) is 4.48. The van der Waals surface area contributed by atoms with E-state index in [4.69, 9.17) is 21.1 Å². The largest absolute Gasteiger partial charge is 0.488 e. The molecule has 0 amide bonds. The number of hydrogen-bond acceptors (Lipinski definition) is 4. The van der Waals surface area contributed by atoms with Crippen molar-refractivity contribution in [3.63, 3.8) is 0 Å². The van der Waals surface area contributed by atoms with Gasteiger partial charge in [0.2, 0.25) is 0 Å². The van der Waals surface area contributed by atoms with Crippen LogP contribution in [0, 0.1) is 0 Å². The number of fused-ring (bicyclic) bond motifs is 1. The van der Waals surface area contributed by atoms with Crippen molar-refractivity contribution in [2.24, 2.45) is 0 Å². The number of pyridine rings is 1. The Hall–Kier alpha value is -2.59. The number of ether oxygens (including phenoxy) is 2. The van der Waals surface area contributed by atoms with Crippen LogP contribution >= 0.6 is 11.6 Å². The minimum Gasteiger partial charge on any atom is -0.488 e. The van der Waals surface area contributed by atoms with E-state index >= 15 is 0 Å². The number of rotatable bonds is 4. The van der Waals surface area contributed by atoms with Crippen LogP contribution in [0.2, 0.25) is 0 Å². The Kier molecular flexibility index (Phi) is 4.64. The predicted molar refractivity (Wildman–Crippen MR) is 98.8 cm³/mol. The van der Waals surface area contributed by atoms with Gasteiger partial charge in [-0.15, -0.1) is 0 Å². The van der Waals surface area contributed by atoms with Crippen molar-refractivity contribution in [1.29, 1.82) is 0 Å². The number of halogens is 1. The van der Waals surface area contributed by atoms with Crippen molar-refractivity contribution in [3.05, 3.63) is 60.4 Å². The average molecular weight is 356 g/mol. The third-order valence-electron chi connectivity index (χ3n) is 3.38. The number of carbonyl (C=O) groups excluding carboxylic acids is 1. The van der Waals surface area contributed by atoms with Crippen molar-refractivity contribution < 1.29 is 14.3 Å². The summed E-state index contributed by atoms with van der Waals surface area (Å²) in [6.45, 7) is 6.01. The zero-order chi connectivity index (χ0) is 18.0. The fourth-order valence-corrected chi connectivity index (χ4v) is 2.46. The Morgan fingerprint density at radius 1 is 0.920 bits per heavy atom. The zero-order valence-electron chi connectivity index (χ0n) is 14.2. The molecule has 0 aliphatic rings. The SMILES string of the molecule is CC(C)(C)Oc1ccc(Oc2ccc3cc(C(=O)Cl)ncc3c2)cc1. The molecular weight excluding hydrogens is 338 g/mol. The van der Waals surface area contributed by atoms with Crippen molar-refractivity contribution in [1.82, 2.24) is 4.98 Å². The van der Waals surface area contributed by atoms with E-state index in [9.17, 15) is 4.79 Å². The molecule has 0 spiro atoms. The molecule has 0 atom stereocenters. The van der Waals surface area contributed by atoms with Crippen LogP contribution < -0.4 is 9.47 Å². The summed E-state index contributed by atoms with van der Waals surface area (Å²) in [5, 5.41) is 1.17. The van der Waals surface area contributed by atoms with Gasteiger partial charge in [-0.05, 0) is 80.2 Å². The van der Waals surface area contributed by atoms with E-state index in [2.05, 4.69) is 4.98 Å². The Bertz CT molecular complexity index is 914. The lowest BCUT2D eigenvalue weighted by Gasteiger charge is -2.21. The maximum Gasteiger partial charge on any atom is 0.270 e. The fourth-order valence-electron chi connectivity index (χ4n) is 2.36. The van der Waals surface area contributed by atoms with E-state index in [0.717, 1.165) is 16.5 Å². The molecule has 0 aliphatic carbocycles. The maximum atomic E-state index is 11.2. The van der Waals surface area contributed by atoms with Gasteiger partial charge in [-0.3, -0.25) is 9.78 Å². The lowest BCUT2D eigenvalue weighted by molar-refractivity contribution is 0.107. The second kappa shape index (κ2) is 6.73. The highest BCUT2D eigenvalue weighted by Crippen LogP contribution is 2.28. The number of nitrogens with zero attached hydrogens (tertiary/aromatic N) is 1. The van der Waals surface area contributed by atoms with Gasteiger partial charge in [-0.2, -0.15) is 0 Å². The van der Waals surface area contributed by atoms with Gasteiger partial charge in [0, 0.05) is 11.6 Å². The van der Waals surface area contributed by atoms with E-state index in [1.54, 1.807) is 12.3 Å². The Labute approximate surface area is 151 Å². The van der Waals surface area contributed by atoms with Gasteiger partial charge in [0.15, 0.2) is 0 Å². The van der Waals surface area contributed by atoms with Crippen LogP contribution in [0.4, 0.5) is 0 Å². The summed E-state index contributed by atoms with van der Waals surface area (Å²) < 4.78 is 11.7. The van der Waals surface area contributed by atoms with Gasteiger partial charge >= 0.3 is 0 Å². The highest BCUT2D eigenvalue weighted by atomic mass is 35.5. The molecule has 25 heavy (non-hydrogen) atoms. The predicted octanol–water partition coefficient (Wildman–Crippen LogP) is 5.58. The van der Waals surface area contributed by atoms with Gasteiger partial charge in [-0.25, -0.2) is 0 Å². The molecular formula is C20H18ClNO3. The molecule has 0 fully saturated rings. The molecule has 5 heteroatoms. The molecule has 0 saturated carbocycles. The van der Waals surface area contributed by atoms with Gasteiger partial charge < -0.3 is 9.47 Å². The van der Waals surface area contributed by atoms with Crippen molar-refractivity contribution >= 4 is 27.6 Å².